The molecule has 1 aliphatic heterocycles. The molecule has 1 unspecified atom stereocenters. The second kappa shape index (κ2) is 11.3. The lowest BCUT2D eigenvalue weighted by atomic mass is 10.2. The van der Waals surface area contributed by atoms with E-state index in [1.54, 1.807) is 13.0 Å². The molecule has 0 bridgehead atoms. The Balaban J connectivity index is 1.79. The second-order valence-corrected chi connectivity index (χ2v) is 15.8. The summed E-state index contributed by atoms with van der Waals surface area (Å²) in [7, 11) is -10.5. The Hall–Kier alpha value is -0.760. The lowest BCUT2D eigenvalue weighted by Gasteiger charge is -2.31. The van der Waals surface area contributed by atoms with E-state index in [0.717, 1.165) is 4.31 Å². The molecule has 0 saturated carbocycles. The van der Waals surface area contributed by atoms with Gasteiger partial charge in [0, 0.05) is 27.9 Å². The molecule has 0 amide bonds. The molecule has 35 heavy (non-hydrogen) atoms. The van der Waals surface area contributed by atoms with Crippen molar-refractivity contribution in [1.82, 2.24) is 4.72 Å². The number of rotatable bonds is 10. The minimum absolute atomic E-state index is 0.000644. The average Bonchev–Trinajstić information content (AvgIpc) is 3.08. The van der Waals surface area contributed by atoms with Crippen LogP contribution in [0, 0.1) is 0 Å². The van der Waals surface area contributed by atoms with Gasteiger partial charge in [0.25, 0.3) is 10.0 Å². The fourth-order valence-corrected chi connectivity index (χ4v) is 9.34. The van der Waals surface area contributed by atoms with E-state index in [2.05, 4.69) is 4.72 Å². The number of hydrogen-bond donors (Lipinski definition) is 3. The fourth-order valence-electron chi connectivity index (χ4n) is 3.89. The molecule has 8 nitrogen and oxygen atoms in total. The summed E-state index contributed by atoms with van der Waals surface area (Å²) in [5.41, 5.74) is 0.179. The van der Waals surface area contributed by atoms with E-state index in [-0.39, 0.29) is 45.7 Å². The predicted molar refractivity (Wildman–Crippen MR) is 144 cm³/mol. The molecular formula is C21H27Cl3N2O6S3. The molecule has 0 spiro atoms. The molecule has 196 valence electrons. The molecule has 2 atom stereocenters. The van der Waals surface area contributed by atoms with E-state index in [1.807, 2.05) is 0 Å². The fraction of sp³-hybridized carbons (Fsp3) is 0.429. The van der Waals surface area contributed by atoms with Crippen LogP contribution in [0.2, 0.25) is 15.1 Å². The van der Waals surface area contributed by atoms with Crippen molar-refractivity contribution in [2.24, 2.45) is 0 Å². The van der Waals surface area contributed by atoms with Gasteiger partial charge in [-0.05, 0) is 68.7 Å². The Morgan fingerprint density at radius 1 is 1.06 bits per heavy atom. The molecule has 14 heteroatoms. The van der Waals surface area contributed by atoms with Crippen LogP contribution in [-0.4, -0.2) is 55.3 Å². The summed E-state index contributed by atoms with van der Waals surface area (Å²) in [5.74, 6) is -0.0662. The first-order valence-corrected chi connectivity index (χ1v) is 16.8. The van der Waals surface area contributed by atoms with Crippen molar-refractivity contribution in [3.63, 3.8) is 0 Å². The first kappa shape index (κ1) is 28.8. The van der Waals surface area contributed by atoms with Crippen LogP contribution < -0.4 is 9.03 Å². The summed E-state index contributed by atoms with van der Waals surface area (Å²) in [6.07, 6.45) is 0.721. The smallest absolute Gasteiger partial charge is 0.264 e. The molecule has 3 rings (SSSR count). The number of anilines is 1. The van der Waals surface area contributed by atoms with Gasteiger partial charge in [-0.1, -0.05) is 34.8 Å². The molecular weight excluding hydrogens is 579 g/mol. The molecule has 1 aliphatic rings. The van der Waals surface area contributed by atoms with Gasteiger partial charge >= 0.3 is 0 Å². The number of nitrogens with one attached hydrogen (secondary N) is 1. The summed E-state index contributed by atoms with van der Waals surface area (Å²) in [5, 5.41) is 0.848. The zero-order valence-electron chi connectivity index (χ0n) is 18.8. The topological polar surface area (TPSA) is 124 Å². The molecule has 1 heterocycles. The van der Waals surface area contributed by atoms with E-state index >= 15 is 0 Å². The molecule has 1 fully saturated rings. The highest BCUT2D eigenvalue weighted by Crippen LogP contribution is 2.45. The molecule has 2 aromatic carbocycles. The lowest BCUT2D eigenvalue weighted by molar-refractivity contribution is 0.494. The normalized spacial score (nSPS) is 19.9. The third kappa shape index (κ3) is 7.62. The van der Waals surface area contributed by atoms with Gasteiger partial charge in [0.1, 0.15) is 0 Å². The van der Waals surface area contributed by atoms with Gasteiger partial charge in [-0.25, -0.2) is 21.6 Å². The number of sulfonamides is 2. The van der Waals surface area contributed by atoms with E-state index in [9.17, 15) is 25.9 Å². The van der Waals surface area contributed by atoms with E-state index < -0.39 is 42.7 Å². The van der Waals surface area contributed by atoms with Gasteiger partial charge in [0.2, 0.25) is 10.0 Å². The van der Waals surface area contributed by atoms with Gasteiger partial charge in [-0.15, -0.1) is 0 Å². The predicted octanol–water partition coefficient (Wildman–Crippen LogP) is 5.45. The molecule has 0 aliphatic carbocycles. The van der Waals surface area contributed by atoms with Gasteiger partial charge in [-0.3, -0.25) is 13.4 Å². The average molecular weight is 606 g/mol. The lowest BCUT2D eigenvalue weighted by Crippen LogP contribution is -2.40. The van der Waals surface area contributed by atoms with Gasteiger partial charge in [0.05, 0.1) is 27.1 Å². The Morgan fingerprint density at radius 2 is 1.69 bits per heavy atom. The highest BCUT2D eigenvalue weighted by atomic mass is 35.5. The first-order valence-electron chi connectivity index (χ1n) is 10.7. The Bertz CT molecular complexity index is 1260. The third-order valence-corrected chi connectivity index (χ3v) is 11.7. The van der Waals surface area contributed by atoms with E-state index in [0.29, 0.717) is 16.5 Å². The van der Waals surface area contributed by atoms with Crippen molar-refractivity contribution in [3.05, 3.63) is 57.5 Å². The minimum atomic E-state index is -4.09. The zero-order chi connectivity index (χ0) is 26.0. The molecule has 1 saturated heterocycles. The van der Waals surface area contributed by atoms with Crippen molar-refractivity contribution in [3.8, 4) is 0 Å². The zero-order valence-corrected chi connectivity index (χ0v) is 23.5. The minimum Gasteiger partial charge on any atom is -0.299 e. The summed E-state index contributed by atoms with van der Waals surface area (Å²) >= 11 is 18.4. The van der Waals surface area contributed by atoms with Crippen LogP contribution in [0.25, 0.3) is 0 Å². The summed E-state index contributed by atoms with van der Waals surface area (Å²) in [6.45, 7) is 1.66. The number of benzene rings is 2. The maximum atomic E-state index is 13.6. The summed E-state index contributed by atoms with van der Waals surface area (Å²) in [4.78, 5) is -0.000644. The van der Waals surface area contributed by atoms with Crippen LogP contribution in [0.4, 0.5) is 5.69 Å². The molecule has 2 aromatic rings. The van der Waals surface area contributed by atoms with E-state index in [4.69, 9.17) is 34.8 Å². The van der Waals surface area contributed by atoms with Gasteiger partial charge in [-0.2, -0.15) is 10.6 Å². The van der Waals surface area contributed by atoms with Crippen LogP contribution >= 0.6 is 45.4 Å². The van der Waals surface area contributed by atoms with Crippen LogP contribution in [0.1, 0.15) is 26.2 Å². The quantitative estimate of drug-likeness (QED) is 0.331. The Morgan fingerprint density at radius 3 is 2.29 bits per heavy atom. The van der Waals surface area contributed by atoms with Crippen molar-refractivity contribution >= 4 is 71.1 Å². The summed E-state index contributed by atoms with van der Waals surface area (Å²) < 4.78 is 75.4. The number of hydrogen-bond acceptors (Lipinski definition) is 6. The molecule has 0 radical (unpaired) electrons. The molecule has 3 N–H and O–H groups in total. The monoisotopic (exact) mass is 604 g/mol. The second-order valence-electron chi connectivity index (χ2n) is 8.44. The maximum absolute atomic E-state index is 13.6. The van der Waals surface area contributed by atoms with Gasteiger partial charge in [0.15, 0.2) is 0 Å². The van der Waals surface area contributed by atoms with Crippen molar-refractivity contribution in [2.75, 3.05) is 21.6 Å². The van der Waals surface area contributed by atoms with Crippen LogP contribution in [0.15, 0.2) is 47.4 Å². The number of nitrogens with zero attached hydrogens (tertiary/aromatic N) is 1. The van der Waals surface area contributed by atoms with Crippen molar-refractivity contribution < 1.29 is 25.9 Å². The van der Waals surface area contributed by atoms with E-state index in [1.165, 1.54) is 36.4 Å². The third-order valence-electron chi connectivity index (χ3n) is 5.56. The number of halogens is 3. The largest absolute Gasteiger partial charge is 0.299 e. The van der Waals surface area contributed by atoms with Crippen molar-refractivity contribution in [2.45, 2.75) is 43.2 Å². The highest BCUT2D eigenvalue weighted by molar-refractivity contribution is 8.24. The maximum Gasteiger partial charge on any atom is 0.264 e. The van der Waals surface area contributed by atoms with Crippen molar-refractivity contribution in [1.29, 1.82) is 0 Å². The summed E-state index contributed by atoms with van der Waals surface area (Å²) in [6, 6.07) is 9.00. The SMILES string of the molecule is C[C@H](CCCS(=O)(=O)NC1CCS(O)(O)C1)N(c1cc(Cl)ccc1Cl)S(=O)(=O)c1ccc(Cl)cc1. The van der Waals surface area contributed by atoms with Crippen LogP contribution in [-0.2, 0) is 20.0 Å². The highest BCUT2D eigenvalue weighted by Gasteiger charge is 2.33. The Labute approximate surface area is 223 Å². The standard InChI is InChI=1S/C21H27Cl3N2O6S3/c1-15(3-2-11-34(29,30)25-18-10-12-33(27,28)14-18)26(21-13-17(23)6-9-20(21)24)35(31,32)19-7-4-16(22)5-8-19/h4-9,13,15,18,25,27-28H,2-3,10-12,14H2,1H3/t15-,18?/m1/s1. The van der Waals surface area contributed by atoms with Crippen LogP contribution in [0.5, 0.6) is 0 Å². The first-order chi connectivity index (χ1) is 16.2. The van der Waals surface area contributed by atoms with Crippen LogP contribution in [0.3, 0.4) is 0 Å². The van der Waals surface area contributed by atoms with Gasteiger partial charge < -0.3 is 0 Å². The Kier molecular flexibility index (Phi) is 9.32. The molecule has 0 aromatic heterocycles.